The van der Waals surface area contributed by atoms with Crippen LogP contribution in [0.15, 0.2) is 83.3 Å². The fourth-order valence-electron chi connectivity index (χ4n) is 3.72. The van der Waals surface area contributed by atoms with Crippen molar-refractivity contribution in [3.8, 4) is 11.4 Å². The number of rotatable bonds is 3. The smallest absolute Gasteiger partial charge is 0.537 e. The average Bonchev–Trinajstić information content (AvgIpc) is 3.03. The number of hydrogen-bond donors (Lipinski definition) is 1. The van der Waals surface area contributed by atoms with E-state index in [9.17, 15) is 0 Å². The first kappa shape index (κ1) is 16.4. The zero-order chi connectivity index (χ0) is 18.4. The summed E-state index contributed by atoms with van der Waals surface area (Å²) in [6.07, 6.45) is 0. The van der Waals surface area contributed by atoms with E-state index in [1.807, 2.05) is 12.1 Å². The van der Waals surface area contributed by atoms with E-state index < -0.39 is 0 Å². The van der Waals surface area contributed by atoms with Crippen LogP contribution in [0.25, 0.3) is 38.3 Å². The van der Waals surface area contributed by atoms with Gasteiger partial charge in [0.1, 0.15) is 5.75 Å². The van der Waals surface area contributed by atoms with Crippen molar-refractivity contribution >= 4 is 56.2 Å². The number of halogens is 1. The van der Waals surface area contributed by atoms with Gasteiger partial charge in [0.05, 0.1) is 15.5 Å². The molecule has 0 atom stereocenters. The van der Waals surface area contributed by atoms with Gasteiger partial charge in [-0.05, 0) is 63.1 Å². The summed E-state index contributed by atoms with van der Waals surface area (Å²) in [7, 11) is 0.693. The molecular formula is C22H14BBrNO2. The first-order valence-corrected chi connectivity index (χ1v) is 9.40. The molecule has 5 aromatic rings. The van der Waals surface area contributed by atoms with Crippen LogP contribution in [0.4, 0.5) is 0 Å². The Bertz CT molecular complexity index is 1260. The second kappa shape index (κ2) is 6.45. The second-order valence-electron chi connectivity index (χ2n) is 6.41. The van der Waals surface area contributed by atoms with Gasteiger partial charge in [-0.1, -0.05) is 42.5 Å². The standard InChI is InChI=1S/C22H14BBrNO2/c24-19-12-15-11-16(10-9-14(15)13-22(19)27-23-26)25-20-7-3-1-5-17(20)18-6-2-4-8-21(18)25/h1-13,26H. The van der Waals surface area contributed by atoms with Crippen LogP contribution >= 0.6 is 15.9 Å². The molecule has 1 N–H and O–H groups in total. The quantitative estimate of drug-likeness (QED) is 0.389. The van der Waals surface area contributed by atoms with Crippen LogP contribution in [0.5, 0.6) is 5.75 Å². The van der Waals surface area contributed by atoms with Crippen LogP contribution in [0.3, 0.4) is 0 Å². The van der Waals surface area contributed by atoms with Crippen LogP contribution in [-0.4, -0.2) is 17.3 Å². The molecule has 0 amide bonds. The molecule has 0 saturated carbocycles. The van der Waals surface area contributed by atoms with Crippen molar-refractivity contribution in [2.24, 2.45) is 0 Å². The van der Waals surface area contributed by atoms with Crippen molar-refractivity contribution in [2.45, 2.75) is 0 Å². The first-order chi connectivity index (χ1) is 13.3. The van der Waals surface area contributed by atoms with Gasteiger partial charge in [0.2, 0.25) is 0 Å². The third-order valence-electron chi connectivity index (χ3n) is 4.89. The van der Waals surface area contributed by atoms with E-state index in [-0.39, 0.29) is 0 Å². The molecule has 0 spiro atoms. The van der Waals surface area contributed by atoms with Crippen molar-refractivity contribution in [3.63, 3.8) is 0 Å². The zero-order valence-electron chi connectivity index (χ0n) is 14.3. The van der Waals surface area contributed by atoms with E-state index in [1.165, 1.54) is 21.8 Å². The topological polar surface area (TPSA) is 34.4 Å². The van der Waals surface area contributed by atoms with E-state index >= 15 is 0 Å². The number of para-hydroxylation sites is 2. The van der Waals surface area contributed by atoms with Gasteiger partial charge in [-0.3, -0.25) is 0 Å². The highest BCUT2D eigenvalue weighted by Crippen LogP contribution is 2.35. The normalized spacial score (nSPS) is 11.3. The van der Waals surface area contributed by atoms with Crippen LogP contribution in [0.1, 0.15) is 0 Å². The summed E-state index contributed by atoms with van der Waals surface area (Å²) in [5.41, 5.74) is 3.48. The Morgan fingerprint density at radius 1 is 0.778 bits per heavy atom. The summed E-state index contributed by atoms with van der Waals surface area (Å²) in [5, 5.41) is 13.5. The van der Waals surface area contributed by atoms with Crippen molar-refractivity contribution in [1.82, 2.24) is 4.57 Å². The Morgan fingerprint density at radius 2 is 1.44 bits per heavy atom. The van der Waals surface area contributed by atoms with Gasteiger partial charge < -0.3 is 14.2 Å². The molecule has 27 heavy (non-hydrogen) atoms. The van der Waals surface area contributed by atoms with Gasteiger partial charge in [0, 0.05) is 16.5 Å². The predicted molar refractivity (Wildman–Crippen MR) is 115 cm³/mol. The highest BCUT2D eigenvalue weighted by molar-refractivity contribution is 9.10. The third-order valence-corrected chi connectivity index (χ3v) is 5.51. The number of nitrogens with zero attached hydrogens (tertiary/aromatic N) is 1. The summed E-state index contributed by atoms with van der Waals surface area (Å²) in [6.45, 7) is 0. The summed E-state index contributed by atoms with van der Waals surface area (Å²) >= 11 is 3.51. The fraction of sp³-hybridized carbons (Fsp3) is 0. The predicted octanol–water partition coefficient (Wildman–Crippen LogP) is 5.60. The van der Waals surface area contributed by atoms with E-state index in [0.717, 1.165) is 20.9 Å². The third kappa shape index (κ3) is 2.62. The van der Waals surface area contributed by atoms with Crippen LogP contribution in [0, 0.1) is 0 Å². The molecule has 1 aromatic heterocycles. The molecule has 129 valence electrons. The molecule has 3 nitrogen and oxygen atoms in total. The number of fused-ring (bicyclic) bond motifs is 4. The Morgan fingerprint density at radius 3 is 2.11 bits per heavy atom. The maximum atomic E-state index is 8.92. The Kier molecular flexibility index (Phi) is 3.92. The monoisotopic (exact) mass is 414 g/mol. The van der Waals surface area contributed by atoms with Crippen LogP contribution < -0.4 is 4.65 Å². The Hall–Kier alpha value is -2.76. The zero-order valence-corrected chi connectivity index (χ0v) is 15.8. The van der Waals surface area contributed by atoms with Gasteiger partial charge >= 0.3 is 7.69 Å². The van der Waals surface area contributed by atoms with Crippen molar-refractivity contribution < 1.29 is 9.68 Å². The molecular weight excluding hydrogens is 401 g/mol. The molecule has 0 aliphatic rings. The molecule has 0 aliphatic carbocycles. The molecule has 1 radical (unpaired) electrons. The molecule has 0 aliphatic heterocycles. The van der Waals surface area contributed by atoms with Crippen molar-refractivity contribution in [1.29, 1.82) is 0 Å². The molecule has 0 fully saturated rings. The van der Waals surface area contributed by atoms with Gasteiger partial charge in [0.25, 0.3) is 0 Å². The molecule has 4 aromatic carbocycles. The maximum Gasteiger partial charge on any atom is 0.569 e. The Balaban J connectivity index is 1.79. The molecule has 0 saturated heterocycles. The first-order valence-electron chi connectivity index (χ1n) is 8.61. The fourth-order valence-corrected chi connectivity index (χ4v) is 4.18. The lowest BCUT2D eigenvalue weighted by Gasteiger charge is -2.11. The summed E-state index contributed by atoms with van der Waals surface area (Å²) in [5.74, 6) is 0.578. The van der Waals surface area contributed by atoms with Gasteiger partial charge in [-0.25, -0.2) is 0 Å². The second-order valence-corrected chi connectivity index (χ2v) is 7.26. The summed E-state index contributed by atoms with van der Waals surface area (Å²) in [6, 6.07) is 27.2. The minimum atomic E-state index is 0.578. The van der Waals surface area contributed by atoms with E-state index in [2.05, 4.69) is 87.2 Å². The minimum absolute atomic E-state index is 0.578. The lowest BCUT2D eigenvalue weighted by atomic mass is 10.1. The maximum absolute atomic E-state index is 8.92. The minimum Gasteiger partial charge on any atom is -0.537 e. The lowest BCUT2D eigenvalue weighted by molar-refractivity contribution is 0.452. The van der Waals surface area contributed by atoms with Crippen LogP contribution in [-0.2, 0) is 0 Å². The number of aromatic nitrogens is 1. The highest BCUT2D eigenvalue weighted by Gasteiger charge is 2.12. The van der Waals surface area contributed by atoms with E-state index in [1.54, 1.807) is 0 Å². The van der Waals surface area contributed by atoms with Gasteiger partial charge in [0.15, 0.2) is 0 Å². The SMILES string of the molecule is O[B]Oc1cc2ccc(-n3c4ccccc4c4ccccc43)cc2cc1Br. The molecule has 5 heteroatoms. The van der Waals surface area contributed by atoms with Crippen molar-refractivity contribution in [3.05, 3.63) is 83.3 Å². The summed E-state index contributed by atoms with van der Waals surface area (Å²) < 4.78 is 8.23. The summed E-state index contributed by atoms with van der Waals surface area (Å²) in [4.78, 5) is 0. The van der Waals surface area contributed by atoms with Crippen LogP contribution in [0.2, 0.25) is 0 Å². The Labute approximate surface area is 165 Å². The lowest BCUT2D eigenvalue weighted by Crippen LogP contribution is -2.00. The average molecular weight is 415 g/mol. The molecule has 1 heterocycles. The largest absolute Gasteiger partial charge is 0.569 e. The molecule has 5 rings (SSSR count). The van der Waals surface area contributed by atoms with Gasteiger partial charge in [-0.15, -0.1) is 0 Å². The molecule has 0 bridgehead atoms. The number of hydrogen-bond acceptors (Lipinski definition) is 2. The van der Waals surface area contributed by atoms with E-state index in [0.29, 0.717) is 13.4 Å². The highest BCUT2D eigenvalue weighted by atomic mass is 79.9. The number of benzene rings is 4. The van der Waals surface area contributed by atoms with Crippen molar-refractivity contribution in [2.75, 3.05) is 0 Å². The molecule has 0 unspecified atom stereocenters. The van der Waals surface area contributed by atoms with Gasteiger partial charge in [-0.2, -0.15) is 0 Å². The van der Waals surface area contributed by atoms with E-state index in [4.69, 9.17) is 9.68 Å².